The maximum Gasteiger partial charge on any atom is 0.269 e. The number of thioether (sulfide) groups is 1. The fourth-order valence-electron chi connectivity index (χ4n) is 3.16. The summed E-state index contributed by atoms with van der Waals surface area (Å²) in [5.74, 6) is 0.104. The highest BCUT2D eigenvalue weighted by atomic mass is 32.2. The Bertz CT molecular complexity index is 1180. The van der Waals surface area contributed by atoms with E-state index in [0.29, 0.717) is 23.2 Å². The number of nitrogens with one attached hydrogen (secondary N) is 2. The van der Waals surface area contributed by atoms with Gasteiger partial charge in [0.05, 0.1) is 17.1 Å². The van der Waals surface area contributed by atoms with Crippen molar-refractivity contribution in [2.75, 3.05) is 16.4 Å². The molecule has 10 nitrogen and oxygen atoms in total. The first-order valence-corrected chi connectivity index (χ1v) is 11.2. The van der Waals surface area contributed by atoms with Crippen molar-refractivity contribution in [2.24, 2.45) is 0 Å². The van der Waals surface area contributed by atoms with E-state index in [0.717, 1.165) is 16.8 Å². The zero-order valence-electron chi connectivity index (χ0n) is 18.5. The molecule has 1 aromatic heterocycles. The molecule has 0 spiro atoms. The second-order valence-electron chi connectivity index (χ2n) is 7.33. The number of nitro groups is 1. The molecule has 0 aliphatic carbocycles. The average Bonchev–Trinajstić information content (AvgIpc) is 3.15. The minimum absolute atomic E-state index is 0.0486. The summed E-state index contributed by atoms with van der Waals surface area (Å²) in [6, 6.07) is 11.4. The van der Waals surface area contributed by atoms with Crippen LogP contribution < -0.4 is 10.6 Å². The fraction of sp³-hybridized carbons (Fsp3) is 0.273. The average molecular weight is 469 g/mol. The first kappa shape index (κ1) is 23.9. The van der Waals surface area contributed by atoms with Crippen LogP contribution in [0.4, 0.5) is 17.1 Å². The van der Waals surface area contributed by atoms with E-state index in [2.05, 4.69) is 20.8 Å². The Labute approximate surface area is 194 Å². The molecule has 0 fully saturated rings. The molecular formula is C22H24N6O4S. The predicted octanol–water partition coefficient (Wildman–Crippen LogP) is 3.74. The Morgan fingerprint density at radius 1 is 1.06 bits per heavy atom. The molecule has 2 aromatic carbocycles. The number of aromatic nitrogens is 3. The number of non-ortho nitro benzene ring substituents is 1. The van der Waals surface area contributed by atoms with Crippen LogP contribution in [-0.4, -0.2) is 37.3 Å². The second kappa shape index (κ2) is 10.7. The van der Waals surface area contributed by atoms with Gasteiger partial charge in [-0.25, -0.2) is 0 Å². The molecule has 2 N–H and O–H groups in total. The van der Waals surface area contributed by atoms with E-state index in [9.17, 15) is 19.7 Å². The Hall–Kier alpha value is -3.73. The monoisotopic (exact) mass is 468 g/mol. The van der Waals surface area contributed by atoms with Gasteiger partial charge in [0.15, 0.2) is 5.16 Å². The lowest BCUT2D eigenvalue weighted by Crippen LogP contribution is -2.18. The highest BCUT2D eigenvalue weighted by Gasteiger charge is 2.17. The summed E-state index contributed by atoms with van der Waals surface area (Å²) in [7, 11) is 0. The normalized spacial score (nSPS) is 10.6. The van der Waals surface area contributed by atoms with Gasteiger partial charge in [0.2, 0.25) is 11.8 Å². The molecule has 1 heterocycles. The predicted molar refractivity (Wildman–Crippen MR) is 126 cm³/mol. The zero-order valence-corrected chi connectivity index (χ0v) is 19.3. The highest BCUT2D eigenvalue weighted by molar-refractivity contribution is 7.99. The van der Waals surface area contributed by atoms with Crippen LogP contribution in [0.3, 0.4) is 0 Å². The number of carbonyl (C=O) groups excluding carboxylic acids is 2. The molecule has 172 valence electrons. The van der Waals surface area contributed by atoms with Crippen molar-refractivity contribution < 1.29 is 14.5 Å². The number of hydrogen-bond acceptors (Lipinski definition) is 7. The molecule has 0 atom stereocenters. The van der Waals surface area contributed by atoms with Crippen LogP contribution in [0.25, 0.3) is 0 Å². The summed E-state index contributed by atoms with van der Waals surface area (Å²) >= 11 is 1.20. The largest absolute Gasteiger partial charge is 0.325 e. The van der Waals surface area contributed by atoms with Crippen molar-refractivity contribution in [3.05, 3.63) is 69.5 Å². The molecule has 0 bridgehead atoms. The van der Waals surface area contributed by atoms with Crippen molar-refractivity contribution in [1.29, 1.82) is 0 Å². The molecule has 33 heavy (non-hydrogen) atoms. The molecule has 0 aliphatic rings. The standard InChI is InChI=1S/C22H24N6O4S/c1-4-27-19(12-20(29)24-18-10-5-14(2)11-15(18)3)25-26-22(27)33-13-21(30)23-16-6-8-17(9-7-16)28(31)32/h5-11H,4,12-13H2,1-3H3,(H,23,30)(H,24,29). The molecule has 0 unspecified atom stereocenters. The maximum atomic E-state index is 12.5. The number of anilines is 2. The van der Waals surface area contributed by atoms with E-state index < -0.39 is 4.92 Å². The lowest BCUT2D eigenvalue weighted by Gasteiger charge is -2.10. The third kappa shape index (κ3) is 6.39. The summed E-state index contributed by atoms with van der Waals surface area (Å²) in [6.07, 6.45) is 0.0592. The van der Waals surface area contributed by atoms with E-state index in [1.807, 2.05) is 39.0 Å². The number of nitrogens with zero attached hydrogens (tertiary/aromatic N) is 4. The Morgan fingerprint density at radius 3 is 2.42 bits per heavy atom. The summed E-state index contributed by atoms with van der Waals surface area (Å²) in [5.41, 5.74) is 3.27. The van der Waals surface area contributed by atoms with E-state index >= 15 is 0 Å². The van der Waals surface area contributed by atoms with Gasteiger partial charge in [-0.3, -0.25) is 19.7 Å². The minimum Gasteiger partial charge on any atom is -0.325 e. The minimum atomic E-state index is -0.501. The van der Waals surface area contributed by atoms with Gasteiger partial charge in [-0.15, -0.1) is 10.2 Å². The smallest absolute Gasteiger partial charge is 0.269 e. The molecule has 0 radical (unpaired) electrons. The summed E-state index contributed by atoms with van der Waals surface area (Å²) in [6.45, 7) is 6.39. The Balaban J connectivity index is 1.57. The summed E-state index contributed by atoms with van der Waals surface area (Å²) in [5, 5.41) is 25.1. The van der Waals surface area contributed by atoms with Crippen LogP contribution in [0.15, 0.2) is 47.6 Å². The topological polar surface area (TPSA) is 132 Å². The van der Waals surface area contributed by atoms with Gasteiger partial charge in [0.1, 0.15) is 5.82 Å². The van der Waals surface area contributed by atoms with Crippen molar-refractivity contribution in [1.82, 2.24) is 14.8 Å². The molecule has 0 saturated carbocycles. The second-order valence-corrected chi connectivity index (χ2v) is 8.27. The van der Waals surface area contributed by atoms with Gasteiger partial charge < -0.3 is 15.2 Å². The molecule has 3 rings (SSSR count). The van der Waals surface area contributed by atoms with Crippen LogP contribution in [-0.2, 0) is 22.6 Å². The van der Waals surface area contributed by atoms with E-state index in [1.165, 1.54) is 36.0 Å². The number of hydrogen-bond donors (Lipinski definition) is 2. The summed E-state index contributed by atoms with van der Waals surface area (Å²) < 4.78 is 1.80. The first-order valence-electron chi connectivity index (χ1n) is 10.2. The molecular weight excluding hydrogens is 444 g/mol. The number of carbonyl (C=O) groups is 2. The van der Waals surface area contributed by atoms with Gasteiger partial charge in [0.25, 0.3) is 5.69 Å². The SMILES string of the molecule is CCn1c(CC(=O)Nc2ccc(C)cc2C)nnc1SCC(=O)Nc1ccc([N+](=O)[O-])cc1. The van der Waals surface area contributed by atoms with Crippen LogP contribution in [0.1, 0.15) is 23.9 Å². The Kier molecular flexibility index (Phi) is 7.78. The summed E-state index contributed by atoms with van der Waals surface area (Å²) in [4.78, 5) is 35.0. The third-order valence-corrected chi connectivity index (χ3v) is 5.75. The number of rotatable bonds is 9. The lowest BCUT2D eigenvalue weighted by molar-refractivity contribution is -0.384. The molecule has 0 aliphatic heterocycles. The van der Waals surface area contributed by atoms with Gasteiger partial charge in [-0.2, -0.15) is 0 Å². The van der Waals surface area contributed by atoms with Gasteiger partial charge in [-0.1, -0.05) is 29.5 Å². The number of nitro benzene ring substituents is 1. The van der Waals surface area contributed by atoms with Crippen LogP contribution in [0.5, 0.6) is 0 Å². The third-order valence-electron chi connectivity index (χ3n) is 4.78. The fourth-order valence-corrected chi connectivity index (χ4v) is 3.98. The first-order chi connectivity index (χ1) is 15.8. The van der Waals surface area contributed by atoms with E-state index in [4.69, 9.17) is 0 Å². The molecule has 0 saturated heterocycles. The van der Waals surface area contributed by atoms with Gasteiger partial charge >= 0.3 is 0 Å². The molecule has 11 heteroatoms. The molecule has 2 amide bonds. The van der Waals surface area contributed by atoms with Crippen LogP contribution in [0, 0.1) is 24.0 Å². The van der Waals surface area contributed by atoms with Crippen molar-refractivity contribution in [3.8, 4) is 0 Å². The van der Waals surface area contributed by atoms with Crippen LogP contribution >= 0.6 is 11.8 Å². The van der Waals surface area contributed by atoms with Crippen molar-refractivity contribution in [3.63, 3.8) is 0 Å². The van der Waals surface area contributed by atoms with E-state index in [-0.39, 0.29) is 29.7 Å². The van der Waals surface area contributed by atoms with Crippen molar-refractivity contribution in [2.45, 2.75) is 38.9 Å². The maximum absolute atomic E-state index is 12.5. The van der Waals surface area contributed by atoms with Crippen molar-refractivity contribution >= 4 is 40.6 Å². The quantitative estimate of drug-likeness (QED) is 0.278. The highest BCUT2D eigenvalue weighted by Crippen LogP contribution is 2.20. The Morgan fingerprint density at radius 2 is 1.79 bits per heavy atom. The number of benzene rings is 2. The van der Waals surface area contributed by atoms with Crippen LogP contribution in [0.2, 0.25) is 0 Å². The van der Waals surface area contributed by atoms with Gasteiger partial charge in [0, 0.05) is 30.1 Å². The molecule has 3 aromatic rings. The zero-order chi connectivity index (χ0) is 24.0. The van der Waals surface area contributed by atoms with E-state index in [1.54, 1.807) is 4.57 Å². The van der Waals surface area contributed by atoms with Gasteiger partial charge in [-0.05, 0) is 44.5 Å². The number of aryl methyl sites for hydroxylation is 2. The number of amides is 2. The lowest BCUT2D eigenvalue weighted by atomic mass is 10.1.